The van der Waals surface area contributed by atoms with Gasteiger partial charge in [0.15, 0.2) is 0 Å². The molecule has 1 heterocycles. The van der Waals surface area contributed by atoms with E-state index in [-0.39, 0.29) is 30.8 Å². The first-order chi connectivity index (χ1) is 13.8. The Bertz CT molecular complexity index is 859. The van der Waals surface area contributed by atoms with Crippen LogP contribution in [0.3, 0.4) is 0 Å². The van der Waals surface area contributed by atoms with Gasteiger partial charge in [0, 0.05) is 20.0 Å². The number of carbonyl (C=O) groups excluding carboxylic acids is 2. The van der Waals surface area contributed by atoms with Crippen molar-refractivity contribution in [2.75, 3.05) is 13.6 Å². The van der Waals surface area contributed by atoms with Crippen molar-refractivity contribution in [3.8, 4) is 0 Å². The van der Waals surface area contributed by atoms with E-state index in [0.29, 0.717) is 5.92 Å². The van der Waals surface area contributed by atoms with Crippen LogP contribution in [-0.2, 0) is 9.59 Å². The zero-order valence-corrected chi connectivity index (χ0v) is 17.6. The van der Waals surface area contributed by atoms with Gasteiger partial charge in [-0.1, -0.05) is 67.9 Å². The molecular weight excluding hydrogens is 364 g/mol. The van der Waals surface area contributed by atoms with Crippen LogP contribution < -0.4 is 5.32 Å². The van der Waals surface area contributed by atoms with Gasteiger partial charge >= 0.3 is 0 Å². The van der Waals surface area contributed by atoms with Gasteiger partial charge in [0.2, 0.25) is 11.8 Å². The molecule has 3 atom stereocenters. The second-order valence-electron chi connectivity index (χ2n) is 8.25. The van der Waals surface area contributed by atoms with Crippen LogP contribution in [0.15, 0.2) is 48.5 Å². The summed E-state index contributed by atoms with van der Waals surface area (Å²) in [6.07, 6.45) is -0.604. The predicted molar refractivity (Wildman–Crippen MR) is 113 cm³/mol. The maximum Gasteiger partial charge on any atom is 0.226 e. The van der Waals surface area contributed by atoms with Crippen LogP contribution in [0.4, 0.5) is 0 Å². The molecule has 2 aromatic carbocycles. The number of aryl methyl sites for hydroxylation is 1. The zero-order chi connectivity index (χ0) is 21.1. The number of aliphatic hydroxyl groups is 1. The second kappa shape index (κ2) is 8.78. The second-order valence-corrected chi connectivity index (χ2v) is 8.25. The van der Waals surface area contributed by atoms with Gasteiger partial charge < -0.3 is 15.3 Å². The number of rotatable bonds is 6. The molecule has 29 heavy (non-hydrogen) atoms. The lowest BCUT2D eigenvalue weighted by Crippen LogP contribution is -2.36. The van der Waals surface area contributed by atoms with E-state index in [0.717, 1.165) is 16.7 Å². The summed E-state index contributed by atoms with van der Waals surface area (Å²) < 4.78 is 0. The van der Waals surface area contributed by atoms with E-state index in [1.165, 1.54) is 5.56 Å². The summed E-state index contributed by atoms with van der Waals surface area (Å²) in [5, 5.41) is 13.3. The molecule has 3 unspecified atom stereocenters. The third kappa shape index (κ3) is 4.67. The summed E-state index contributed by atoms with van der Waals surface area (Å²) in [6, 6.07) is 15.4. The normalized spacial score (nSPS) is 20.2. The molecule has 2 amide bonds. The van der Waals surface area contributed by atoms with Gasteiger partial charge in [0.25, 0.3) is 0 Å². The molecule has 1 fully saturated rings. The van der Waals surface area contributed by atoms with E-state index in [1.54, 1.807) is 11.9 Å². The Morgan fingerprint density at radius 1 is 1.10 bits per heavy atom. The maximum atomic E-state index is 12.9. The summed E-state index contributed by atoms with van der Waals surface area (Å²) in [7, 11) is 1.74. The first-order valence-electron chi connectivity index (χ1n) is 10.2. The number of hydrogen-bond donors (Lipinski definition) is 2. The van der Waals surface area contributed by atoms with Crippen molar-refractivity contribution in [1.29, 1.82) is 0 Å². The van der Waals surface area contributed by atoms with Crippen molar-refractivity contribution in [2.45, 2.75) is 45.3 Å². The molecule has 1 saturated heterocycles. The summed E-state index contributed by atoms with van der Waals surface area (Å²) in [6.45, 7) is 6.37. The van der Waals surface area contributed by atoms with Crippen LogP contribution >= 0.6 is 0 Å². The fourth-order valence-electron chi connectivity index (χ4n) is 3.87. The van der Waals surface area contributed by atoms with E-state index in [4.69, 9.17) is 0 Å². The molecular formula is C24H30N2O3. The Labute approximate surface area is 172 Å². The Hall–Kier alpha value is -2.66. The minimum absolute atomic E-state index is 0.0412. The summed E-state index contributed by atoms with van der Waals surface area (Å²) in [4.78, 5) is 26.8. The highest BCUT2D eigenvalue weighted by Crippen LogP contribution is 2.37. The molecule has 1 aliphatic rings. The van der Waals surface area contributed by atoms with Crippen molar-refractivity contribution in [3.05, 3.63) is 70.8 Å². The Morgan fingerprint density at radius 2 is 1.69 bits per heavy atom. The molecule has 0 aliphatic carbocycles. The molecule has 2 aromatic rings. The molecule has 0 spiro atoms. The minimum Gasteiger partial charge on any atom is -0.387 e. The Balaban J connectivity index is 1.66. The van der Waals surface area contributed by atoms with Crippen molar-refractivity contribution >= 4 is 11.8 Å². The quantitative estimate of drug-likeness (QED) is 0.788. The Morgan fingerprint density at radius 3 is 2.28 bits per heavy atom. The summed E-state index contributed by atoms with van der Waals surface area (Å²) >= 11 is 0. The fraction of sp³-hybridized carbons (Fsp3) is 0.417. The van der Waals surface area contributed by atoms with Gasteiger partial charge in [-0.15, -0.1) is 0 Å². The van der Waals surface area contributed by atoms with Crippen LogP contribution in [0.5, 0.6) is 0 Å². The molecule has 0 saturated carbocycles. The largest absolute Gasteiger partial charge is 0.387 e. The predicted octanol–water partition coefficient (Wildman–Crippen LogP) is 3.49. The standard InChI is InChI=1S/C24H30N2O3/c1-15(2)17-9-11-18(12-10-17)21(27)14-25-24(29)20-13-22(28)26(4)23(20)19-7-5-16(3)6-8-19/h5-12,15,20-21,23,27H,13-14H2,1-4H3,(H,25,29). The molecule has 0 bridgehead atoms. The number of benzene rings is 2. The van der Waals surface area contributed by atoms with Crippen LogP contribution in [0.2, 0.25) is 0 Å². The third-order valence-electron chi connectivity index (χ3n) is 5.80. The van der Waals surface area contributed by atoms with Gasteiger partial charge in [-0.05, 0) is 29.5 Å². The van der Waals surface area contributed by atoms with Crippen LogP contribution in [-0.4, -0.2) is 35.4 Å². The van der Waals surface area contributed by atoms with E-state index < -0.39 is 12.0 Å². The lowest BCUT2D eigenvalue weighted by Gasteiger charge is -2.25. The van der Waals surface area contributed by atoms with E-state index in [2.05, 4.69) is 19.2 Å². The smallest absolute Gasteiger partial charge is 0.226 e. The molecule has 154 valence electrons. The van der Waals surface area contributed by atoms with Crippen molar-refractivity contribution in [2.24, 2.45) is 5.92 Å². The van der Waals surface area contributed by atoms with Crippen LogP contribution in [0, 0.1) is 12.8 Å². The molecule has 5 heteroatoms. The van der Waals surface area contributed by atoms with Crippen LogP contribution in [0.1, 0.15) is 60.6 Å². The highest BCUT2D eigenvalue weighted by Gasteiger charge is 2.42. The van der Waals surface area contributed by atoms with E-state index in [1.807, 2.05) is 55.5 Å². The lowest BCUT2D eigenvalue weighted by atomic mass is 9.92. The first kappa shape index (κ1) is 21.1. The van der Waals surface area contributed by atoms with Crippen LogP contribution in [0.25, 0.3) is 0 Å². The number of nitrogens with zero attached hydrogens (tertiary/aromatic N) is 1. The molecule has 0 radical (unpaired) electrons. The summed E-state index contributed by atoms with van der Waals surface area (Å²) in [5.74, 6) is -0.283. The number of carbonyl (C=O) groups is 2. The molecule has 3 rings (SSSR count). The molecule has 1 aliphatic heterocycles. The number of aliphatic hydroxyl groups excluding tert-OH is 1. The van der Waals surface area contributed by atoms with E-state index >= 15 is 0 Å². The van der Waals surface area contributed by atoms with Crippen molar-refractivity contribution < 1.29 is 14.7 Å². The average molecular weight is 395 g/mol. The van der Waals surface area contributed by atoms with Gasteiger partial charge in [0.1, 0.15) is 0 Å². The zero-order valence-electron chi connectivity index (χ0n) is 17.6. The number of amides is 2. The van der Waals surface area contributed by atoms with Crippen molar-refractivity contribution in [3.63, 3.8) is 0 Å². The number of nitrogens with one attached hydrogen (secondary N) is 1. The molecule has 0 aromatic heterocycles. The minimum atomic E-state index is -0.784. The maximum absolute atomic E-state index is 12.9. The number of hydrogen-bond acceptors (Lipinski definition) is 3. The lowest BCUT2D eigenvalue weighted by molar-refractivity contribution is -0.128. The van der Waals surface area contributed by atoms with Gasteiger partial charge in [-0.2, -0.15) is 0 Å². The number of likely N-dealkylation sites (tertiary alicyclic amines) is 1. The van der Waals surface area contributed by atoms with Gasteiger partial charge in [-0.25, -0.2) is 0 Å². The first-order valence-corrected chi connectivity index (χ1v) is 10.2. The average Bonchev–Trinajstić information content (AvgIpc) is 3.01. The SMILES string of the molecule is Cc1ccc(C2C(C(=O)NCC(O)c3ccc(C(C)C)cc3)CC(=O)N2C)cc1. The molecule has 5 nitrogen and oxygen atoms in total. The fourth-order valence-corrected chi connectivity index (χ4v) is 3.87. The monoisotopic (exact) mass is 394 g/mol. The third-order valence-corrected chi connectivity index (χ3v) is 5.80. The van der Waals surface area contributed by atoms with E-state index in [9.17, 15) is 14.7 Å². The highest BCUT2D eigenvalue weighted by molar-refractivity contribution is 5.90. The van der Waals surface area contributed by atoms with Gasteiger partial charge in [-0.3, -0.25) is 9.59 Å². The topological polar surface area (TPSA) is 69.6 Å². The van der Waals surface area contributed by atoms with Gasteiger partial charge in [0.05, 0.1) is 18.1 Å². The highest BCUT2D eigenvalue weighted by atomic mass is 16.3. The molecule has 2 N–H and O–H groups in total. The van der Waals surface area contributed by atoms with Crippen molar-refractivity contribution in [1.82, 2.24) is 10.2 Å². The Kier molecular flexibility index (Phi) is 6.38. The summed E-state index contributed by atoms with van der Waals surface area (Å²) in [5.41, 5.74) is 4.06.